The van der Waals surface area contributed by atoms with Gasteiger partial charge in [0.1, 0.15) is 17.5 Å². The van der Waals surface area contributed by atoms with Gasteiger partial charge in [0.05, 0.1) is 25.3 Å². The van der Waals surface area contributed by atoms with Crippen molar-refractivity contribution in [1.29, 1.82) is 0 Å². The van der Waals surface area contributed by atoms with Crippen molar-refractivity contribution in [1.82, 2.24) is 20.2 Å². The van der Waals surface area contributed by atoms with Crippen molar-refractivity contribution in [3.8, 4) is 0 Å². The van der Waals surface area contributed by atoms with Crippen LogP contribution in [0.25, 0.3) is 0 Å². The third-order valence-corrected chi connectivity index (χ3v) is 5.38. The van der Waals surface area contributed by atoms with Gasteiger partial charge in [-0.2, -0.15) is 0 Å². The van der Waals surface area contributed by atoms with Crippen LogP contribution in [-0.2, 0) is 22.4 Å². The number of amides is 1. The molecule has 30 heavy (non-hydrogen) atoms. The van der Waals surface area contributed by atoms with Crippen LogP contribution in [0.4, 0.5) is 0 Å². The van der Waals surface area contributed by atoms with Crippen LogP contribution in [0, 0.1) is 13.8 Å². The standard InChI is InChI=1S/C22H23ClN4O3/c1-14-8-17(9-16-4-3-5-18(23)10-16)11-20(24-14)21-13-27(6-7-29-21)22(28)12-19-15(2)25-30-26-19/h3-5,8,10-11,21H,6-7,9,12-13H2,1-2H3/t21-/m0/s1. The Balaban J connectivity index is 1.48. The number of carbonyl (C=O) groups is 1. The van der Waals surface area contributed by atoms with Crippen LogP contribution >= 0.6 is 11.6 Å². The van der Waals surface area contributed by atoms with Crippen molar-refractivity contribution in [3.05, 3.63) is 75.3 Å². The number of hydrogen-bond donors (Lipinski definition) is 0. The van der Waals surface area contributed by atoms with E-state index < -0.39 is 0 Å². The van der Waals surface area contributed by atoms with Gasteiger partial charge in [-0.1, -0.05) is 34.0 Å². The van der Waals surface area contributed by atoms with Crippen molar-refractivity contribution in [2.24, 2.45) is 0 Å². The molecule has 1 saturated heterocycles. The zero-order chi connectivity index (χ0) is 21.1. The fourth-order valence-corrected chi connectivity index (χ4v) is 3.85. The van der Waals surface area contributed by atoms with Gasteiger partial charge in [0.15, 0.2) is 0 Å². The summed E-state index contributed by atoms with van der Waals surface area (Å²) in [4.78, 5) is 19.2. The molecular weight excluding hydrogens is 404 g/mol. The van der Waals surface area contributed by atoms with E-state index in [4.69, 9.17) is 21.0 Å². The highest BCUT2D eigenvalue weighted by atomic mass is 35.5. The average Bonchev–Trinajstić information content (AvgIpc) is 3.12. The van der Waals surface area contributed by atoms with E-state index in [1.54, 1.807) is 11.8 Å². The van der Waals surface area contributed by atoms with Crippen LogP contribution < -0.4 is 0 Å². The number of rotatable bonds is 5. The molecule has 1 aliphatic rings. The van der Waals surface area contributed by atoms with Crippen molar-refractivity contribution >= 4 is 17.5 Å². The van der Waals surface area contributed by atoms with Gasteiger partial charge in [0.25, 0.3) is 0 Å². The largest absolute Gasteiger partial charge is 0.368 e. The lowest BCUT2D eigenvalue weighted by Gasteiger charge is -2.33. The third-order valence-electron chi connectivity index (χ3n) is 5.14. The van der Waals surface area contributed by atoms with Crippen LogP contribution in [0.5, 0.6) is 0 Å². The molecule has 1 amide bonds. The van der Waals surface area contributed by atoms with Gasteiger partial charge in [0.2, 0.25) is 5.91 Å². The number of morpholine rings is 1. The predicted octanol–water partition coefficient (Wildman–Crippen LogP) is 3.47. The molecule has 1 aliphatic heterocycles. The highest BCUT2D eigenvalue weighted by molar-refractivity contribution is 6.30. The summed E-state index contributed by atoms with van der Waals surface area (Å²) in [5.41, 5.74) is 5.23. The van der Waals surface area contributed by atoms with Crippen molar-refractivity contribution in [2.75, 3.05) is 19.7 Å². The molecule has 3 heterocycles. The van der Waals surface area contributed by atoms with Gasteiger partial charge < -0.3 is 9.64 Å². The summed E-state index contributed by atoms with van der Waals surface area (Å²) in [6.45, 7) is 5.21. The lowest BCUT2D eigenvalue weighted by Crippen LogP contribution is -2.43. The molecule has 2 aromatic heterocycles. The molecule has 1 fully saturated rings. The number of halogens is 1. The maximum absolute atomic E-state index is 12.7. The lowest BCUT2D eigenvalue weighted by molar-refractivity contribution is -0.138. The van der Waals surface area contributed by atoms with Crippen molar-refractivity contribution in [2.45, 2.75) is 32.8 Å². The van der Waals surface area contributed by atoms with Gasteiger partial charge in [-0.25, -0.2) is 4.63 Å². The number of benzene rings is 1. The Morgan fingerprint density at radius 1 is 1.20 bits per heavy atom. The Morgan fingerprint density at radius 2 is 2.07 bits per heavy atom. The molecule has 156 valence electrons. The molecule has 4 rings (SSSR count). The minimum Gasteiger partial charge on any atom is -0.368 e. The minimum absolute atomic E-state index is 0.0195. The molecule has 0 N–H and O–H groups in total. The second kappa shape index (κ2) is 8.93. The fraction of sp³-hybridized carbons (Fsp3) is 0.364. The number of nitrogens with zero attached hydrogens (tertiary/aromatic N) is 4. The molecule has 1 atom stereocenters. The molecule has 8 heteroatoms. The van der Waals surface area contributed by atoms with E-state index in [2.05, 4.69) is 33.5 Å². The predicted molar refractivity (Wildman–Crippen MR) is 111 cm³/mol. The lowest BCUT2D eigenvalue weighted by atomic mass is 10.0. The van der Waals surface area contributed by atoms with Crippen LogP contribution in [0.1, 0.15) is 40.0 Å². The zero-order valence-corrected chi connectivity index (χ0v) is 17.7. The number of ether oxygens (including phenoxy) is 1. The average molecular weight is 427 g/mol. The zero-order valence-electron chi connectivity index (χ0n) is 17.0. The Kier molecular flexibility index (Phi) is 6.11. The smallest absolute Gasteiger partial charge is 0.228 e. The van der Waals surface area contributed by atoms with Crippen LogP contribution in [0.3, 0.4) is 0 Å². The first-order chi connectivity index (χ1) is 14.5. The summed E-state index contributed by atoms with van der Waals surface area (Å²) >= 11 is 6.12. The third kappa shape index (κ3) is 4.86. The highest BCUT2D eigenvalue weighted by Crippen LogP contribution is 2.24. The molecule has 7 nitrogen and oxygen atoms in total. The van der Waals surface area contributed by atoms with Gasteiger partial charge in [-0.15, -0.1) is 0 Å². The van der Waals surface area contributed by atoms with Crippen LogP contribution in [-0.4, -0.2) is 45.8 Å². The molecule has 1 aromatic carbocycles. The quantitative estimate of drug-likeness (QED) is 0.621. The molecule has 0 spiro atoms. The van der Waals surface area contributed by atoms with E-state index in [9.17, 15) is 4.79 Å². The second-order valence-electron chi connectivity index (χ2n) is 7.52. The molecule has 0 radical (unpaired) electrons. The SMILES string of the molecule is Cc1cc(Cc2cccc(Cl)c2)cc([C@@H]2CN(C(=O)Cc3nonc3C)CCO2)n1. The summed E-state index contributed by atoms with van der Waals surface area (Å²) in [5, 5.41) is 8.27. The van der Waals surface area contributed by atoms with Gasteiger partial charge in [-0.3, -0.25) is 9.78 Å². The maximum Gasteiger partial charge on any atom is 0.228 e. The van der Waals surface area contributed by atoms with Crippen molar-refractivity contribution in [3.63, 3.8) is 0 Å². The maximum atomic E-state index is 12.7. The summed E-state index contributed by atoms with van der Waals surface area (Å²) in [6, 6.07) is 12.0. The molecular formula is C22H23ClN4O3. The normalized spacial score (nSPS) is 16.6. The first kappa shape index (κ1) is 20.5. The Bertz CT molecular complexity index is 1050. The molecule has 0 aliphatic carbocycles. The fourth-order valence-electron chi connectivity index (χ4n) is 3.64. The summed E-state index contributed by atoms with van der Waals surface area (Å²) in [5.74, 6) is -0.0195. The first-order valence-electron chi connectivity index (χ1n) is 9.87. The van der Waals surface area contributed by atoms with Gasteiger partial charge in [-0.05, 0) is 55.7 Å². The Morgan fingerprint density at radius 3 is 2.83 bits per heavy atom. The summed E-state index contributed by atoms with van der Waals surface area (Å²) in [6.07, 6.45) is 0.658. The van der Waals surface area contributed by atoms with Crippen LogP contribution in [0.15, 0.2) is 41.0 Å². The molecule has 3 aromatic rings. The summed E-state index contributed by atoms with van der Waals surface area (Å²) in [7, 11) is 0. The first-order valence-corrected chi connectivity index (χ1v) is 10.2. The van der Waals surface area contributed by atoms with Crippen LogP contribution in [0.2, 0.25) is 5.02 Å². The summed E-state index contributed by atoms with van der Waals surface area (Å²) < 4.78 is 10.7. The molecule has 0 unspecified atom stereocenters. The highest BCUT2D eigenvalue weighted by Gasteiger charge is 2.27. The van der Waals surface area contributed by atoms with E-state index in [1.807, 2.05) is 25.1 Å². The van der Waals surface area contributed by atoms with E-state index in [0.29, 0.717) is 31.1 Å². The van der Waals surface area contributed by atoms with E-state index in [1.165, 1.54) is 0 Å². The number of carbonyl (C=O) groups excluding carboxylic acids is 1. The van der Waals surface area contributed by atoms with E-state index in [0.717, 1.165) is 34.0 Å². The van der Waals surface area contributed by atoms with E-state index in [-0.39, 0.29) is 18.4 Å². The van der Waals surface area contributed by atoms with Gasteiger partial charge >= 0.3 is 0 Å². The number of pyridine rings is 1. The number of aromatic nitrogens is 3. The van der Waals surface area contributed by atoms with Crippen molar-refractivity contribution < 1.29 is 14.2 Å². The Labute approximate surface area is 180 Å². The number of aryl methyl sites for hydroxylation is 2. The molecule has 0 bridgehead atoms. The Hall–Kier alpha value is -2.77. The van der Waals surface area contributed by atoms with E-state index >= 15 is 0 Å². The minimum atomic E-state index is -0.266. The topological polar surface area (TPSA) is 81.4 Å². The second-order valence-corrected chi connectivity index (χ2v) is 7.96. The molecule has 0 saturated carbocycles. The van der Waals surface area contributed by atoms with Gasteiger partial charge in [0, 0.05) is 17.3 Å². The number of hydrogen-bond acceptors (Lipinski definition) is 6. The monoisotopic (exact) mass is 426 g/mol.